The molecule has 1 saturated heterocycles. The molecule has 0 amide bonds. The first-order valence-corrected chi connectivity index (χ1v) is 14.5. The van der Waals surface area contributed by atoms with Crippen molar-refractivity contribution in [3.05, 3.63) is 23.0 Å². The molecule has 39 heavy (non-hydrogen) atoms. The van der Waals surface area contributed by atoms with Gasteiger partial charge in [-0.15, -0.1) is 0 Å². The summed E-state index contributed by atoms with van der Waals surface area (Å²) < 4.78 is 22.9. The molecule has 9 nitrogen and oxygen atoms in total. The fraction of sp³-hybridized carbons (Fsp3) is 0.800. The monoisotopic (exact) mass is 546 g/mol. The van der Waals surface area contributed by atoms with E-state index in [9.17, 15) is 24.9 Å². The van der Waals surface area contributed by atoms with Gasteiger partial charge in [0.2, 0.25) is 5.78 Å². The molecule has 2 heterocycles. The smallest absolute Gasteiger partial charge is 0.331 e. The van der Waals surface area contributed by atoms with Crippen molar-refractivity contribution in [2.75, 3.05) is 13.7 Å². The Morgan fingerprint density at radius 1 is 1.05 bits per heavy atom. The van der Waals surface area contributed by atoms with E-state index in [0.29, 0.717) is 25.7 Å². The lowest BCUT2D eigenvalue weighted by molar-refractivity contribution is -0.269. The van der Waals surface area contributed by atoms with E-state index in [2.05, 4.69) is 6.92 Å². The highest BCUT2D eigenvalue weighted by Crippen LogP contribution is 2.68. The number of rotatable bonds is 4. The second-order valence-electron chi connectivity index (χ2n) is 13.2. The molecule has 0 unspecified atom stereocenters. The molecule has 3 N–H and O–H groups in total. The lowest BCUT2D eigenvalue weighted by Crippen LogP contribution is -2.63. The number of fused-ring (bicyclic) bond motifs is 5. The second-order valence-corrected chi connectivity index (χ2v) is 13.2. The minimum atomic E-state index is -1.29. The van der Waals surface area contributed by atoms with Crippen molar-refractivity contribution in [3.63, 3.8) is 0 Å². The summed E-state index contributed by atoms with van der Waals surface area (Å²) in [5.41, 5.74) is -1.45. The highest BCUT2D eigenvalue weighted by molar-refractivity contribution is 6.02. The van der Waals surface area contributed by atoms with E-state index in [1.807, 2.05) is 6.92 Å². The molecule has 0 radical (unpaired) electrons. The molecule has 9 heteroatoms. The van der Waals surface area contributed by atoms with Gasteiger partial charge in [-0.05, 0) is 87.2 Å². The third-order valence-corrected chi connectivity index (χ3v) is 11.6. The van der Waals surface area contributed by atoms with Crippen molar-refractivity contribution in [2.24, 2.45) is 28.6 Å². The van der Waals surface area contributed by atoms with Gasteiger partial charge in [0.1, 0.15) is 12.7 Å². The third-order valence-electron chi connectivity index (χ3n) is 11.6. The average molecular weight is 547 g/mol. The van der Waals surface area contributed by atoms with E-state index < -0.39 is 40.6 Å². The number of ketones is 1. The van der Waals surface area contributed by atoms with Crippen LogP contribution in [0.15, 0.2) is 23.0 Å². The fourth-order valence-corrected chi connectivity index (χ4v) is 9.26. The fourth-order valence-electron chi connectivity index (χ4n) is 9.26. The summed E-state index contributed by atoms with van der Waals surface area (Å²) in [5, 5.41) is 34.2. The summed E-state index contributed by atoms with van der Waals surface area (Å²) in [6, 6.07) is 0. The Bertz CT molecular complexity index is 1110. The van der Waals surface area contributed by atoms with Crippen molar-refractivity contribution in [1.82, 2.24) is 0 Å². The van der Waals surface area contributed by atoms with Crippen molar-refractivity contribution < 1.29 is 43.9 Å². The predicted octanol–water partition coefficient (Wildman–Crippen LogP) is 3.12. The van der Waals surface area contributed by atoms with Crippen LogP contribution in [0.25, 0.3) is 0 Å². The number of ether oxygens (including phenoxy) is 4. The van der Waals surface area contributed by atoms with Crippen LogP contribution in [0.4, 0.5) is 0 Å². The molecule has 0 spiro atoms. The lowest BCUT2D eigenvalue weighted by atomic mass is 9.46. The summed E-state index contributed by atoms with van der Waals surface area (Å²) in [7, 11) is 1.59. The maximum absolute atomic E-state index is 14.0. The maximum atomic E-state index is 14.0. The van der Waals surface area contributed by atoms with E-state index in [-0.39, 0.29) is 48.4 Å². The molecular formula is C30H42O9. The van der Waals surface area contributed by atoms with Crippen LogP contribution in [0.2, 0.25) is 0 Å². The number of allylic oxidation sites excluding steroid dienone is 1. The van der Waals surface area contributed by atoms with E-state index >= 15 is 0 Å². The number of carbonyl (C=O) groups is 2. The van der Waals surface area contributed by atoms with Gasteiger partial charge in [0.05, 0.1) is 29.3 Å². The second kappa shape index (κ2) is 9.38. The van der Waals surface area contributed by atoms with Crippen molar-refractivity contribution >= 4 is 11.8 Å². The van der Waals surface area contributed by atoms with Crippen LogP contribution in [-0.4, -0.2) is 77.1 Å². The summed E-state index contributed by atoms with van der Waals surface area (Å²) in [6.07, 6.45) is 4.81. The van der Waals surface area contributed by atoms with Gasteiger partial charge in [0, 0.05) is 25.5 Å². The molecule has 4 fully saturated rings. The van der Waals surface area contributed by atoms with Gasteiger partial charge in [-0.1, -0.05) is 6.92 Å². The molecule has 0 aromatic heterocycles. The number of cyclic esters (lactones) is 1. The largest absolute Gasteiger partial charge is 0.504 e. The van der Waals surface area contributed by atoms with Crippen LogP contribution in [-0.2, 0) is 28.5 Å². The average Bonchev–Trinajstić information content (AvgIpc) is 3.45. The van der Waals surface area contributed by atoms with E-state index in [1.165, 1.54) is 6.08 Å². The van der Waals surface area contributed by atoms with Gasteiger partial charge < -0.3 is 34.3 Å². The van der Waals surface area contributed by atoms with Crippen LogP contribution in [0.1, 0.15) is 72.1 Å². The van der Waals surface area contributed by atoms with Crippen LogP contribution in [0, 0.1) is 28.6 Å². The number of esters is 1. The highest BCUT2D eigenvalue weighted by atomic mass is 16.7. The first-order valence-electron chi connectivity index (χ1n) is 14.5. The van der Waals surface area contributed by atoms with Crippen molar-refractivity contribution in [1.29, 1.82) is 0 Å². The number of aliphatic hydroxyl groups is 3. The van der Waals surface area contributed by atoms with Gasteiger partial charge in [0.15, 0.2) is 12.0 Å². The lowest BCUT2D eigenvalue weighted by Gasteiger charge is -2.59. The van der Waals surface area contributed by atoms with Gasteiger partial charge in [-0.25, -0.2) is 4.79 Å². The third kappa shape index (κ3) is 3.83. The summed E-state index contributed by atoms with van der Waals surface area (Å²) >= 11 is 0. The van der Waals surface area contributed by atoms with Crippen LogP contribution >= 0.6 is 0 Å². The van der Waals surface area contributed by atoms with E-state index in [4.69, 9.17) is 18.9 Å². The molecule has 0 aromatic carbocycles. The Morgan fingerprint density at radius 3 is 2.51 bits per heavy atom. The predicted molar refractivity (Wildman–Crippen MR) is 138 cm³/mol. The Morgan fingerprint density at radius 2 is 1.82 bits per heavy atom. The summed E-state index contributed by atoms with van der Waals surface area (Å²) in [6.45, 7) is 5.87. The minimum absolute atomic E-state index is 0.0392. The zero-order chi connectivity index (χ0) is 27.9. The normalized spacial score (nSPS) is 49.7. The summed E-state index contributed by atoms with van der Waals surface area (Å²) in [5.74, 6) is -1.47. The zero-order valence-corrected chi connectivity index (χ0v) is 23.4. The van der Waals surface area contributed by atoms with E-state index in [1.54, 1.807) is 14.0 Å². The molecule has 0 aromatic rings. The molecule has 2 aliphatic heterocycles. The number of hydrogen-bond acceptors (Lipinski definition) is 9. The Labute approximate surface area is 229 Å². The topological polar surface area (TPSA) is 132 Å². The Kier molecular flexibility index (Phi) is 6.59. The number of carbonyl (C=O) groups excluding carboxylic acids is 2. The molecule has 6 rings (SSSR count). The van der Waals surface area contributed by atoms with Gasteiger partial charge in [-0.3, -0.25) is 4.79 Å². The zero-order valence-electron chi connectivity index (χ0n) is 23.4. The molecule has 0 bridgehead atoms. The van der Waals surface area contributed by atoms with Gasteiger partial charge >= 0.3 is 5.97 Å². The van der Waals surface area contributed by atoms with Crippen molar-refractivity contribution in [2.45, 2.75) is 108 Å². The number of methoxy groups -OCH3 is 1. The molecule has 216 valence electrons. The van der Waals surface area contributed by atoms with Gasteiger partial charge in [-0.2, -0.15) is 0 Å². The van der Waals surface area contributed by atoms with Crippen LogP contribution in [0.3, 0.4) is 0 Å². The van der Waals surface area contributed by atoms with Crippen LogP contribution in [0.5, 0.6) is 0 Å². The molecule has 3 saturated carbocycles. The SMILES string of the molecule is CO[C@@H]1C[C@@H](O[C@H]2CC[C@]3(C)C4=C(O)C(=O)[C@]5(C)[C@@H](C6=CC(=O)OC6)CC[C@]5(O)[C@@H]4CC[C@@H]3C2)O[C@@H](C)[C@H]1O. The molecule has 11 atom stereocenters. The number of hydrogen-bond donors (Lipinski definition) is 3. The minimum Gasteiger partial charge on any atom is -0.504 e. The molecule has 4 aliphatic carbocycles. The van der Waals surface area contributed by atoms with E-state index in [0.717, 1.165) is 36.8 Å². The Hall–Kier alpha value is -1.78. The molecule has 6 aliphatic rings. The van der Waals surface area contributed by atoms with Crippen molar-refractivity contribution in [3.8, 4) is 0 Å². The number of Topliss-reactive ketones (excluding diaryl/α,β-unsaturated/α-hetero) is 1. The molecular weight excluding hydrogens is 504 g/mol. The maximum Gasteiger partial charge on any atom is 0.331 e. The quantitative estimate of drug-likeness (QED) is 0.359. The Balaban J connectivity index is 1.25. The standard InChI is InChI=1S/C30H42O9/c1-15-25(32)21(36-4)13-23(38-15)39-18-7-9-28(2)17(12-18)5-6-20-24(28)26(33)27(34)29(3)19(8-10-30(20,29)35)16-11-22(31)37-14-16/h11,15,17-21,23,25,32-33,35H,5-10,12-14H2,1-4H3/t15-,17+,18-,19+,20+,21+,23+,25+,28-,29-,30-/m0/s1. The first kappa shape index (κ1) is 27.4. The van der Waals surface area contributed by atoms with Crippen LogP contribution < -0.4 is 0 Å². The highest BCUT2D eigenvalue weighted by Gasteiger charge is 2.71. The summed E-state index contributed by atoms with van der Waals surface area (Å²) in [4.78, 5) is 25.8. The van der Waals surface area contributed by atoms with Gasteiger partial charge in [0.25, 0.3) is 0 Å². The first-order chi connectivity index (χ1) is 18.4. The number of aliphatic hydroxyl groups excluding tert-OH is 2.